The maximum Gasteiger partial charge on any atom is 0.508 e. The highest BCUT2D eigenvalue weighted by molar-refractivity contribution is 7.75. The van der Waals surface area contributed by atoms with Crippen molar-refractivity contribution in [1.29, 1.82) is 0 Å². The zero-order chi connectivity index (χ0) is 10.6. The van der Waals surface area contributed by atoms with E-state index in [2.05, 4.69) is 20.8 Å². The lowest BCUT2D eigenvalue weighted by atomic mass is 10.4. The van der Waals surface area contributed by atoms with Crippen molar-refractivity contribution in [2.24, 2.45) is 0 Å². The minimum Gasteiger partial charge on any atom is -0.430 e. The first-order chi connectivity index (χ1) is 6.65. The molecule has 4 heteroatoms. The lowest BCUT2D eigenvalue weighted by molar-refractivity contribution is 0.122. The molecule has 0 aromatic rings. The van der Waals surface area contributed by atoms with Crippen molar-refractivity contribution >= 4 is 13.4 Å². The van der Waals surface area contributed by atoms with Gasteiger partial charge < -0.3 is 9.47 Å². The molecule has 0 amide bonds. The topological polar surface area (TPSA) is 35.5 Å². The number of hydrogen-bond acceptors (Lipinski definition) is 3. The fourth-order valence-corrected chi connectivity index (χ4v) is 5.11. The number of rotatable bonds is 5. The van der Waals surface area contributed by atoms with Gasteiger partial charge in [0.1, 0.15) is 6.61 Å². The highest BCUT2D eigenvalue weighted by atomic mass is 31.2. The van der Waals surface area contributed by atoms with Crippen LogP contribution in [0.25, 0.3) is 0 Å². The Kier molecular flexibility index (Phi) is 4.18. The molecule has 0 saturated carbocycles. The Morgan fingerprint density at radius 3 is 2.21 bits per heavy atom. The summed E-state index contributed by atoms with van der Waals surface area (Å²) in [4.78, 5) is 10.8. The molecule has 1 saturated heterocycles. The van der Waals surface area contributed by atoms with Crippen LogP contribution in [0.1, 0.15) is 20.8 Å². The molecule has 1 atom stereocenters. The van der Waals surface area contributed by atoms with Crippen molar-refractivity contribution in [1.82, 2.24) is 0 Å². The van der Waals surface area contributed by atoms with Crippen LogP contribution in [0.4, 0.5) is 4.79 Å². The molecule has 0 aromatic heterocycles. The lowest BCUT2D eigenvalue weighted by Gasteiger charge is -2.24. The molecule has 0 spiro atoms. The Hall–Kier alpha value is -0.300. The van der Waals surface area contributed by atoms with Gasteiger partial charge in [0.15, 0.2) is 6.10 Å². The quantitative estimate of drug-likeness (QED) is 0.526. The monoisotopic (exact) mass is 219 g/mol. The second-order valence-electron chi connectivity index (χ2n) is 3.77. The van der Waals surface area contributed by atoms with E-state index in [1.807, 2.05) is 0 Å². The molecule has 1 rings (SSSR count). The standard InChI is InChI=1S/C10H20O3P/c1-4-14(5-2,6-3)8-9-7-12-10(11)13-9/h9H,4-8H2,1-3H3/q+1. The lowest BCUT2D eigenvalue weighted by Crippen LogP contribution is -2.21. The van der Waals surface area contributed by atoms with Crippen LogP contribution in [0.5, 0.6) is 0 Å². The minimum atomic E-state index is -0.872. The van der Waals surface area contributed by atoms with Crippen molar-refractivity contribution in [3.8, 4) is 0 Å². The number of ether oxygens (including phenoxy) is 2. The summed E-state index contributed by atoms with van der Waals surface area (Å²) in [6.07, 6.45) is 4.31. The average Bonchev–Trinajstić information content (AvgIpc) is 2.61. The van der Waals surface area contributed by atoms with E-state index in [1.165, 1.54) is 18.5 Å². The van der Waals surface area contributed by atoms with Crippen LogP contribution in [0.2, 0.25) is 0 Å². The third kappa shape index (κ3) is 2.60. The molecule has 0 radical (unpaired) electrons. The predicted molar refractivity (Wildman–Crippen MR) is 59.6 cm³/mol. The summed E-state index contributed by atoms with van der Waals surface area (Å²) in [7, 11) is -0.872. The SMILES string of the molecule is CC[P+](CC)(CC)CC1COC(=O)O1. The molecule has 1 fully saturated rings. The van der Waals surface area contributed by atoms with Crippen LogP contribution in [0.3, 0.4) is 0 Å². The first-order valence-electron chi connectivity index (χ1n) is 5.34. The van der Waals surface area contributed by atoms with Gasteiger partial charge in [0.25, 0.3) is 0 Å². The highest BCUT2D eigenvalue weighted by Crippen LogP contribution is 2.58. The molecule has 1 heterocycles. The van der Waals surface area contributed by atoms with Crippen molar-refractivity contribution in [2.45, 2.75) is 26.9 Å². The van der Waals surface area contributed by atoms with Crippen molar-refractivity contribution in [3.05, 3.63) is 0 Å². The number of hydrogen-bond donors (Lipinski definition) is 0. The summed E-state index contributed by atoms with van der Waals surface area (Å²) in [5, 5.41) is 0. The first kappa shape index (κ1) is 11.8. The molecule has 3 nitrogen and oxygen atoms in total. The van der Waals surface area contributed by atoms with Crippen LogP contribution in [0, 0.1) is 0 Å². The molecular formula is C10H20O3P+. The van der Waals surface area contributed by atoms with Gasteiger partial charge in [-0.15, -0.1) is 0 Å². The van der Waals surface area contributed by atoms with Crippen LogP contribution < -0.4 is 0 Å². The largest absolute Gasteiger partial charge is 0.508 e. The predicted octanol–water partition coefficient (Wildman–Crippen LogP) is 2.60. The van der Waals surface area contributed by atoms with Gasteiger partial charge in [0, 0.05) is 7.26 Å². The third-order valence-electron chi connectivity index (χ3n) is 3.25. The van der Waals surface area contributed by atoms with Crippen LogP contribution in [0.15, 0.2) is 0 Å². The molecule has 14 heavy (non-hydrogen) atoms. The van der Waals surface area contributed by atoms with Gasteiger partial charge in [-0.1, -0.05) is 0 Å². The Balaban J connectivity index is 2.51. The summed E-state index contributed by atoms with van der Waals surface area (Å²) in [5.74, 6) is 0. The maximum absolute atomic E-state index is 10.8. The van der Waals surface area contributed by atoms with Crippen molar-refractivity contribution < 1.29 is 14.3 Å². The summed E-state index contributed by atoms with van der Waals surface area (Å²) >= 11 is 0. The summed E-state index contributed by atoms with van der Waals surface area (Å²) in [5.41, 5.74) is 0. The average molecular weight is 219 g/mol. The van der Waals surface area contributed by atoms with Crippen molar-refractivity contribution in [3.63, 3.8) is 0 Å². The minimum absolute atomic E-state index is 0.0238. The van der Waals surface area contributed by atoms with E-state index in [0.29, 0.717) is 6.61 Å². The number of carbonyl (C=O) groups is 1. The number of carbonyl (C=O) groups excluding carboxylic acids is 1. The highest BCUT2D eigenvalue weighted by Gasteiger charge is 2.39. The normalized spacial score (nSPS) is 21.9. The van der Waals surface area contributed by atoms with E-state index in [9.17, 15) is 4.79 Å². The van der Waals surface area contributed by atoms with Gasteiger partial charge in [-0.05, 0) is 20.8 Å². The fourth-order valence-electron chi connectivity index (χ4n) is 1.95. The smallest absolute Gasteiger partial charge is 0.430 e. The summed E-state index contributed by atoms with van der Waals surface area (Å²) < 4.78 is 9.89. The fraction of sp³-hybridized carbons (Fsp3) is 0.900. The maximum atomic E-state index is 10.8. The van der Waals surface area contributed by atoms with Crippen molar-refractivity contribution in [2.75, 3.05) is 31.3 Å². The molecule has 0 N–H and O–H groups in total. The number of cyclic esters (lactones) is 2. The molecule has 0 bridgehead atoms. The van der Waals surface area contributed by atoms with E-state index < -0.39 is 13.4 Å². The van der Waals surface area contributed by atoms with E-state index in [1.54, 1.807) is 0 Å². The van der Waals surface area contributed by atoms with Crippen LogP contribution >= 0.6 is 7.26 Å². The Morgan fingerprint density at radius 1 is 1.29 bits per heavy atom. The van der Waals surface area contributed by atoms with Crippen LogP contribution in [-0.2, 0) is 9.47 Å². The molecule has 0 aromatic carbocycles. The second kappa shape index (κ2) is 4.97. The molecule has 1 aliphatic heterocycles. The van der Waals surface area contributed by atoms with E-state index in [-0.39, 0.29) is 6.10 Å². The molecular weight excluding hydrogens is 199 g/mol. The molecule has 1 aliphatic rings. The Morgan fingerprint density at radius 2 is 1.86 bits per heavy atom. The van der Waals surface area contributed by atoms with E-state index >= 15 is 0 Å². The van der Waals surface area contributed by atoms with E-state index in [4.69, 9.17) is 9.47 Å². The molecule has 82 valence electrons. The molecule has 0 aliphatic carbocycles. The Labute approximate surface area is 86.5 Å². The second-order valence-corrected chi connectivity index (χ2v) is 8.72. The third-order valence-corrected chi connectivity index (χ3v) is 8.46. The van der Waals surface area contributed by atoms with Gasteiger partial charge in [-0.25, -0.2) is 4.79 Å². The molecule has 1 unspecified atom stereocenters. The summed E-state index contributed by atoms with van der Waals surface area (Å²) in [6.45, 7) is 7.20. The van der Waals surface area contributed by atoms with Gasteiger partial charge in [0.05, 0.1) is 24.6 Å². The van der Waals surface area contributed by atoms with Crippen LogP contribution in [-0.4, -0.2) is 43.5 Å². The summed E-state index contributed by atoms with van der Waals surface area (Å²) in [6, 6.07) is 0. The van der Waals surface area contributed by atoms with Gasteiger partial charge in [-0.2, -0.15) is 0 Å². The van der Waals surface area contributed by atoms with Gasteiger partial charge in [-0.3, -0.25) is 0 Å². The van der Waals surface area contributed by atoms with Gasteiger partial charge >= 0.3 is 6.16 Å². The zero-order valence-electron chi connectivity index (χ0n) is 9.28. The Bertz CT molecular complexity index is 193. The first-order valence-corrected chi connectivity index (χ1v) is 7.87. The van der Waals surface area contributed by atoms with E-state index in [0.717, 1.165) is 6.16 Å². The van der Waals surface area contributed by atoms with Gasteiger partial charge in [0.2, 0.25) is 0 Å². The zero-order valence-corrected chi connectivity index (χ0v) is 10.2.